The Labute approximate surface area is 189 Å². The smallest absolute Gasteiger partial charge is 0.273 e. The number of benzene rings is 3. The van der Waals surface area contributed by atoms with Crippen LogP contribution in [0.5, 0.6) is 5.75 Å². The van der Waals surface area contributed by atoms with Crippen molar-refractivity contribution in [3.63, 3.8) is 0 Å². The van der Waals surface area contributed by atoms with Gasteiger partial charge in [0.25, 0.3) is 11.8 Å². The molecule has 0 bridgehead atoms. The van der Waals surface area contributed by atoms with Crippen LogP contribution in [0.25, 0.3) is 10.8 Å². The summed E-state index contributed by atoms with van der Waals surface area (Å²) in [6, 6.07) is 19.8. The minimum Gasteiger partial charge on any atom is -0.496 e. The maximum absolute atomic E-state index is 12.7. The number of methoxy groups -OCH3 is 1. The Morgan fingerprint density at radius 3 is 2.09 bits per heavy atom. The topological polar surface area (TPSA) is 143 Å². The molecule has 0 radical (unpaired) electrons. The minimum atomic E-state index is -0.441. The van der Waals surface area contributed by atoms with Gasteiger partial charge in [-0.3, -0.25) is 31.3 Å². The number of nitrogens with one attached hydrogen (secondary N) is 4. The number of hydrogen-bond donors (Lipinski definition) is 5. The first-order valence-corrected chi connectivity index (χ1v) is 9.92. The summed E-state index contributed by atoms with van der Waals surface area (Å²) in [5.74, 6) is -0.0678. The molecule has 0 unspecified atom stereocenters. The Balaban J connectivity index is 1.44. The predicted octanol–water partition coefficient (Wildman–Crippen LogP) is 2.73. The van der Waals surface area contributed by atoms with Crippen molar-refractivity contribution in [2.24, 2.45) is 0 Å². The lowest BCUT2D eigenvalue weighted by Crippen LogP contribution is -2.32. The number of aromatic nitrogens is 2. The number of rotatable bonds is 7. The molecule has 0 atom stereocenters. The van der Waals surface area contributed by atoms with Crippen LogP contribution in [0, 0.1) is 0 Å². The largest absolute Gasteiger partial charge is 0.496 e. The number of nitrogen functional groups attached to an aromatic ring is 1. The molecule has 10 heteroatoms. The van der Waals surface area contributed by atoms with E-state index in [-0.39, 0.29) is 23.2 Å². The Bertz CT molecular complexity index is 1320. The first kappa shape index (κ1) is 21.4. The molecule has 0 aliphatic rings. The lowest BCUT2D eigenvalue weighted by molar-refractivity contribution is 0.0953. The molecule has 6 N–H and O–H groups in total. The molecule has 4 aromatic rings. The van der Waals surface area contributed by atoms with Gasteiger partial charge in [0.15, 0.2) is 11.6 Å². The summed E-state index contributed by atoms with van der Waals surface area (Å²) in [5.41, 5.74) is 17.5. The monoisotopic (exact) mass is 443 g/mol. The first-order valence-electron chi connectivity index (χ1n) is 9.92. The normalized spacial score (nSPS) is 10.3. The third kappa shape index (κ3) is 4.59. The maximum atomic E-state index is 12.7. The van der Waals surface area contributed by atoms with E-state index in [4.69, 9.17) is 10.5 Å². The number of nitrogens with two attached hydrogens (primary N) is 1. The molecule has 4 rings (SSSR count). The molecule has 0 saturated carbocycles. The molecule has 0 aliphatic heterocycles. The second kappa shape index (κ2) is 9.52. The van der Waals surface area contributed by atoms with Gasteiger partial charge in [0.1, 0.15) is 17.8 Å². The fraction of sp³-hybridized carbons (Fsp3) is 0.0435. The van der Waals surface area contributed by atoms with Gasteiger partial charge in [-0.1, -0.05) is 48.5 Å². The van der Waals surface area contributed by atoms with Crippen molar-refractivity contribution >= 4 is 39.9 Å². The van der Waals surface area contributed by atoms with E-state index in [0.29, 0.717) is 16.9 Å². The van der Waals surface area contributed by atoms with Gasteiger partial charge in [0.2, 0.25) is 0 Å². The molecule has 33 heavy (non-hydrogen) atoms. The molecule has 0 fully saturated rings. The minimum absolute atomic E-state index is 0.0936. The van der Waals surface area contributed by atoms with Gasteiger partial charge in [-0.25, -0.2) is 9.97 Å². The van der Waals surface area contributed by atoms with Crippen LogP contribution < -0.4 is 32.2 Å². The quantitative estimate of drug-likeness (QED) is 0.274. The number of hydrogen-bond acceptors (Lipinski definition) is 8. The Morgan fingerprint density at radius 2 is 1.36 bits per heavy atom. The lowest BCUT2D eigenvalue weighted by Gasteiger charge is -2.14. The second-order valence-corrected chi connectivity index (χ2v) is 6.87. The lowest BCUT2D eigenvalue weighted by atomic mass is 10.0. The molecule has 2 amide bonds. The molecule has 0 spiro atoms. The highest BCUT2D eigenvalue weighted by Gasteiger charge is 2.14. The first-order chi connectivity index (χ1) is 16.1. The molecule has 1 aromatic heterocycles. The highest BCUT2D eigenvalue weighted by atomic mass is 16.5. The van der Waals surface area contributed by atoms with Crippen molar-refractivity contribution in [1.82, 2.24) is 20.8 Å². The van der Waals surface area contributed by atoms with Crippen LogP contribution in [0.3, 0.4) is 0 Å². The van der Waals surface area contributed by atoms with E-state index >= 15 is 0 Å². The number of ether oxygens (including phenoxy) is 1. The van der Waals surface area contributed by atoms with Gasteiger partial charge in [-0.05, 0) is 29.0 Å². The van der Waals surface area contributed by atoms with Crippen molar-refractivity contribution < 1.29 is 14.3 Å². The van der Waals surface area contributed by atoms with Crippen LogP contribution >= 0.6 is 0 Å². The second-order valence-electron chi connectivity index (χ2n) is 6.87. The summed E-state index contributed by atoms with van der Waals surface area (Å²) in [5, 5.41) is 1.76. The summed E-state index contributed by atoms with van der Waals surface area (Å²) >= 11 is 0. The van der Waals surface area contributed by atoms with Crippen LogP contribution in [0.2, 0.25) is 0 Å². The molecular weight excluding hydrogens is 422 g/mol. The van der Waals surface area contributed by atoms with Crippen molar-refractivity contribution in [2.75, 3.05) is 23.7 Å². The van der Waals surface area contributed by atoms with E-state index in [1.54, 1.807) is 30.3 Å². The molecular formula is C23H21N7O3. The molecule has 1 heterocycles. The van der Waals surface area contributed by atoms with E-state index in [1.165, 1.54) is 13.4 Å². The van der Waals surface area contributed by atoms with E-state index in [9.17, 15) is 9.59 Å². The zero-order valence-corrected chi connectivity index (χ0v) is 17.6. The van der Waals surface area contributed by atoms with Crippen molar-refractivity contribution in [3.8, 4) is 5.75 Å². The van der Waals surface area contributed by atoms with E-state index < -0.39 is 5.91 Å². The summed E-state index contributed by atoms with van der Waals surface area (Å²) in [4.78, 5) is 33.3. The number of hydrazine groups is 2. The van der Waals surface area contributed by atoms with Gasteiger partial charge < -0.3 is 10.5 Å². The average Bonchev–Trinajstić information content (AvgIpc) is 2.86. The number of fused-ring (bicyclic) bond motifs is 1. The van der Waals surface area contributed by atoms with Gasteiger partial charge in [0, 0.05) is 5.56 Å². The van der Waals surface area contributed by atoms with Crippen molar-refractivity contribution in [2.45, 2.75) is 0 Å². The fourth-order valence-corrected chi connectivity index (χ4v) is 3.22. The molecule has 0 saturated heterocycles. The SMILES string of the molecule is COc1ccccc1C(=O)NNc1ncnc(NNC(=O)c2cccc3ccccc23)c1N. The molecule has 3 aromatic carbocycles. The van der Waals surface area contributed by atoms with Crippen LogP contribution in [0.1, 0.15) is 20.7 Å². The fourth-order valence-electron chi connectivity index (χ4n) is 3.22. The van der Waals surface area contributed by atoms with Crippen LogP contribution in [-0.2, 0) is 0 Å². The number of carbonyl (C=O) groups is 2. The van der Waals surface area contributed by atoms with Gasteiger partial charge >= 0.3 is 0 Å². The Hall–Kier alpha value is -4.86. The summed E-state index contributed by atoms with van der Waals surface area (Å²) < 4.78 is 5.19. The van der Waals surface area contributed by atoms with Gasteiger partial charge in [-0.2, -0.15) is 0 Å². The van der Waals surface area contributed by atoms with Gasteiger partial charge in [-0.15, -0.1) is 0 Å². The zero-order chi connectivity index (χ0) is 23.2. The third-order valence-electron chi connectivity index (χ3n) is 4.86. The number of carbonyl (C=O) groups excluding carboxylic acids is 2. The summed E-state index contributed by atoms with van der Waals surface area (Å²) in [6.45, 7) is 0. The highest BCUT2D eigenvalue weighted by molar-refractivity contribution is 6.07. The van der Waals surface area contributed by atoms with E-state index in [2.05, 4.69) is 31.7 Å². The average molecular weight is 443 g/mol. The van der Waals surface area contributed by atoms with E-state index in [0.717, 1.165) is 10.8 Å². The van der Waals surface area contributed by atoms with Crippen molar-refractivity contribution in [1.29, 1.82) is 0 Å². The predicted molar refractivity (Wildman–Crippen MR) is 126 cm³/mol. The van der Waals surface area contributed by atoms with Crippen LogP contribution in [0.15, 0.2) is 73.1 Å². The zero-order valence-electron chi connectivity index (χ0n) is 17.6. The van der Waals surface area contributed by atoms with Crippen LogP contribution in [0.4, 0.5) is 17.3 Å². The Kier molecular flexibility index (Phi) is 6.17. The summed E-state index contributed by atoms with van der Waals surface area (Å²) in [6.07, 6.45) is 1.24. The third-order valence-corrected chi connectivity index (χ3v) is 4.86. The summed E-state index contributed by atoms with van der Waals surface area (Å²) in [7, 11) is 1.48. The number of para-hydroxylation sites is 1. The molecule has 0 aliphatic carbocycles. The number of nitrogens with zero attached hydrogens (tertiary/aromatic N) is 2. The maximum Gasteiger partial charge on any atom is 0.273 e. The Morgan fingerprint density at radius 1 is 0.788 bits per heavy atom. The molecule has 166 valence electrons. The van der Waals surface area contributed by atoms with E-state index in [1.807, 2.05) is 36.4 Å². The number of amides is 2. The van der Waals surface area contributed by atoms with Crippen LogP contribution in [-0.4, -0.2) is 28.9 Å². The molecule has 10 nitrogen and oxygen atoms in total. The highest BCUT2D eigenvalue weighted by Crippen LogP contribution is 2.22. The standard InChI is InChI=1S/C23H21N7O3/c1-33-18-12-5-4-10-17(18)23(32)30-28-21-19(24)20(25-13-26-21)27-29-22(31)16-11-6-8-14-7-2-3-9-15(14)16/h2-13H,24H2,1H3,(H,29,31)(H,30,32)(H2,25,26,27,28). The van der Waals surface area contributed by atoms with Gasteiger partial charge in [0.05, 0.1) is 12.7 Å². The number of anilines is 3. The van der Waals surface area contributed by atoms with Crippen molar-refractivity contribution in [3.05, 3.63) is 84.2 Å².